The number of nitrogens with one attached hydrogen (secondary N) is 1. The third-order valence-electron chi connectivity index (χ3n) is 3.05. The molecule has 20 heavy (non-hydrogen) atoms. The molecule has 0 bridgehead atoms. The SMILES string of the molecule is CCNc1cc(COCCCc2ccccc2)ccn1. The van der Waals surface area contributed by atoms with E-state index in [1.165, 1.54) is 5.56 Å². The van der Waals surface area contributed by atoms with Gasteiger partial charge in [0.25, 0.3) is 0 Å². The van der Waals surface area contributed by atoms with E-state index < -0.39 is 0 Å². The number of aryl methyl sites for hydroxylation is 1. The Labute approximate surface area is 121 Å². The number of anilines is 1. The molecule has 0 atom stereocenters. The van der Waals surface area contributed by atoms with Gasteiger partial charge in [0.2, 0.25) is 0 Å². The zero-order chi connectivity index (χ0) is 14.0. The van der Waals surface area contributed by atoms with Gasteiger partial charge in [-0.2, -0.15) is 0 Å². The monoisotopic (exact) mass is 270 g/mol. The zero-order valence-corrected chi connectivity index (χ0v) is 12.0. The highest BCUT2D eigenvalue weighted by molar-refractivity contribution is 5.36. The van der Waals surface area contributed by atoms with Crippen molar-refractivity contribution in [2.24, 2.45) is 0 Å². The smallest absolute Gasteiger partial charge is 0.126 e. The summed E-state index contributed by atoms with van der Waals surface area (Å²) in [4.78, 5) is 4.25. The molecule has 2 aromatic rings. The van der Waals surface area contributed by atoms with Gasteiger partial charge in [-0.15, -0.1) is 0 Å². The minimum atomic E-state index is 0.649. The Morgan fingerprint density at radius 1 is 1.10 bits per heavy atom. The van der Waals surface area contributed by atoms with E-state index in [1.807, 2.05) is 24.4 Å². The third kappa shape index (κ3) is 5.02. The van der Waals surface area contributed by atoms with Gasteiger partial charge in [-0.1, -0.05) is 30.3 Å². The second-order valence-electron chi connectivity index (χ2n) is 4.72. The van der Waals surface area contributed by atoms with Crippen LogP contribution in [0.2, 0.25) is 0 Å². The van der Waals surface area contributed by atoms with Crippen molar-refractivity contribution in [2.45, 2.75) is 26.4 Å². The molecule has 0 saturated carbocycles. The van der Waals surface area contributed by atoms with E-state index in [4.69, 9.17) is 4.74 Å². The van der Waals surface area contributed by atoms with Crippen LogP contribution in [0.5, 0.6) is 0 Å². The number of ether oxygens (including phenoxy) is 1. The van der Waals surface area contributed by atoms with Crippen LogP contribution in [-0.4, -0.2) is 18.1 Å². The average Bonchev–Trinajstić information content (AvgIpc) is 2.49. The molecule has 3 nitrogen and oxygen atoms in total. The first-order valence-electron chi connectivity index (χ1n) is 7.19. The van der Waals surface area contributed by atoms with Gasteiger partial charge in [0.15, 0.2) is 0 Å². The summed E-state index contributed by atoms with van der Waals surface area (Å²) in [6.45, 7) is 4.38. The molecule has 1 N–H and O–H groups in total. The molecule has 0 spiro atoms. The number of hydrogen-bond acceptors (Lipinski definition) is 3. The van der Waals surface area contributed by atoms with Crippen LogP contribution in [0.4, 0.5) is 5.82 Å². The van der Waals surface area contributed by atoms with Crippen LogP contribution in [0.15, 0.2) is 48.7 Å². The summed E-state index contributed by atoms with van der Waals surface area (Å²) in [5.41, 5.74) is 2.53. The van der Waals surface area contributed by atoms with Gasteiger partial charge in [-0.05, 0) is 43.0 Å². The number of nitrogens with zero attached hydrogens (tertiary/aromatic N) is 1. The van der Waals surface area contributed by atoms with Crippen LogP contribution < -0.4 is 5.32 Å². The van der Waals surface area contributed by atoms with E-state index in [2.05, 4.69) is 41.5 Å². The lowest BCUT2D eigenvalue weighted by Crippen LogP contribution is -2.01. The Bertz CT molecular complexity index is 499. The van der Waals surface area contributed by atoms with E-state index in [0.717, 1.165) is 37.4 Å². The summed E-state index contributed by atoms with van der Waals surface area (Å²) in [6, 6.07) is 14.6. The molecule has 0 unspecified atom stereocenters. The molecule has 0 radical (unpaired) electrons. The maximum absolute atomic E-state index is 5.72. The number of aromatic nitrogens is 1. The lowest BCUT2D eigenvalue weighted by atomic mass is 10.1. The maximum atomic E-state index is 5.72. The van der Waals surface area contributed by atoms with E-state index in [9.17, 15) is 0 Å². The highest BCUT2D eigenvalue weighted by atomic mass is 16.5. The highest BCUT2D eigenvalue weighted by Crippen LogP contribution is 2.08. The number of pyridine rings is 1. The normalized spacial score (nSPS) is 10.4. The van der Waals surface area contributed by atoms with Crippen LogP contribution in [-0.2, 0) is 17.8 Å². The van der Waals surface area contributed by atoms with Gasteiger partial charge in [0, 0.05) is 19.3 Å². The Hall–Kier alpha value is -1.87. The first-order valence-corrected chi connectivity index (χ1v) is 7.19. The van der Waals surface area contributed by atoms with Gasteiger partial charge in [0.05, 0.1) is 6.61 Å². The quantitative estimate of drug-likeness (QED) is 0.743. The Kier molecular flexibility index (Phi) is 6.06. The third-order valence-corrected chi connectivity index (χ3v) is 3.05. The van der Waals surface area contributed by atoms with Crippen molar-refractivity contribution in [3.8, 4) is 0 Å². The van der Waals surface area contributed by atoms with Crippen LogP contribution >= 0.6 is 0 Å². The first kappa shape index (κ1) is 14.5. The van der Waals surface area contributed by atoms with Crippen molar-refractivity contribution in [3.63, 3.8) is 0 Å². The van der Waals surface area contributed by atoms with Crippen molar-refractivity contribution in [3.05, 3.63) is 59.8 Å². The number of hydrogen-bond donors (Lipinski definition) is 1. The molecule has 1 aromatic carbocycles. The molecule has 0 aliphatic heterocycles. The van der Waals surface area contributed by atoms with E-state index in [1.54, 1.807) is 0 Å². The van der Waals surface area contributed by atoms with Gasteiger partial charge >= 0.3 is 0 Å². The largest absolute Gasteiger partial charge is 0.377 e. The molecule has 0 amide bonds. The minimum absolute atomic E-state index is 0.649. The molecular weight excluding hydrogens is 248 g/mol. The summed E-state index contributed by atoms with van der Waals surface area (Å²) in [5.74, 6) is 0.915. The average molecular weight is 270 g/mol. The Morgan fingerprint density at radius 2 is 1.95 bits per heavy atom. The van der Waals surface area contributed by atoms with Crippen LogP contribution in [0.1, 0.15) is 24.5 Å². The standard InChI is InChI=1S/C17H22N2O/c1-2-18-17-13-16(10-11-19-17)14-20-12-6-9-15-7-4-3-5-8-15/h3-5,7-8,10-11,13H,2,6,9,12,14H2,1H3,(H,18,19). The number of rotatable bonds is 8. The second kappa shape index (κ2) is 8.33. The lowest BCUT2D eigenvalue weighted by molar-refractivity contribution is 0.118. The summed E-state index contributed by atoms with van der Waals surface area (Å²) in [7, 11) is 0. The molecule has 106 valence electrons. The molecule has 0 aliphatic carbocycles. The molecule has 3 heteroatoms. The van der Waals surface area contributed by atoms with Crippen molar-refractivity contribution in [2.75, 3.05) is 18.5 Å². The molecule has 0 fully saturated rings. The molecule has 0 aliphatic rings. The Morgan fingerprint density at radius 3 is 2.75 bits per heavy atom. The highest BCUT2D eigenvalue weighted by Gasteiger charge is 1.97. The Balaban J connectivity index is 1.67. The predicted octanol–water partition coefficient (Wildman–Crippen LogP) is 3.66. The fraction of sp³-hybridized carbons (Fsp3) is 0.353. The minimum Gasteiger partial charge on any atom is -0.377 e. The topological polar surface area (TPSA) is 34.1 Å². The second-order valence-corrected chi connectivity index (χ2v) is 4.72. The van der Waals surface area contributed by atoms with Crippen LogP contribution in [0.3, 0.4) is 0 Å². The summed E-state index contributed by atoms with van der Waals surface area (Å²) in [6.07, 6.45) is 3.94. The fourth-order valence-electron chi connectivity index (χ4n) is 2.05. The summed E-state index contributed by atoms with van der Waals surface area (Å²) in [5, 5.41) is 3.20. The summed E-state index contributed by atoms with van der Waals surface area (Å²) < 4.78 is 5.72. The van der Waals surface area contributed by atoms with Crippen molar-refractivity contribution < 1.29 is 4.74 Å². The van der Waals surface area contributed by atoms with Crippen molar-refractivity contribution in [1.29, 1.82) is 0 Å². The van der Waals surface area contributed by atoms with Crippen molar-refractivity contribution in [1.82, 2.24) is 4.98 Å². The molecular formula is C17H22N2O. The van der Waals surface area contributed by atoms with Gasteiger partial charge in [0.1, 0.15) is 5.82 Å². The number of benzene rings is 1. The van der Waals surface area contributed by atoms with Gasteiger partial charge < -0.3 is 10.1 Å². The van der Waals surface area contributed by atoms with E-state index in [-0.39, 0.29) is 0 Å². The molecule has 0 saturated heterocycles. The molecule has 1 aromatic heterocycles. The maximum Gasteiger partial charge on any atom is 0.126 e. The van der Waals surface area contributed by atoms with Crippen LogP contribution in [0, 0.1) is 0 Å². The van der Waals surface area contributed by atoms with E-state index >= 15 is 0 Å². The van der Waals surface area contributed by atoms with E-state index in [0.29, 0.717) is 6.61 Å². The predicted molar refractivity (Wildman–Crippen MR) is 82.8 cm³/mol. The molecule has 2 rings (SSSR count). The van der Waals surface area contributed by atoms with Crippen molar-refractivity contribution >= 4 is 5.82 Å². The fourth-order valence-corrected chi connectivity index (χ4v) is 2.05. The van der Waals surface area contributed by atoms with Crippen LogP contribution in [0.25, 0.3) is 0 Å². The zero-order valence-electron chi connectivity index (χ0n) is 12.0. The lowest BCUT2D eigenvalue weighted by Gasteiger charge is -2.07. The van der Waals surface area contributed by atoms with Gasteiger partial charge in [-0.3, -0.25) is 0 Å². The van der Waals surface area contributed by atoms with Gasteiger partial charge in [-0.25, -0.2) is 4.98 Å². The summed E-state index contributed by atoms with van der Waals surface area (Å²) >= 11 is 0. The molecule has 1 heterocycles. The first-order chi connectivity index (χ1) is 9.88.